The minimum Gasteiger partial charge on any atom is -0.373 e. The normalized spacial score (nSPS) is 15.2. The van der Waals surface area contributed by atoms with Crippen molar-refractivity contribution >= 4 is 0 Å². The van der Waals surface area contributed by atoms with Crippen LogP contribution in [0.2, 0.25) is 0 Å². The lowest BCUT2D eigenvalue weighted by Gasteiger charge is -2.19. The maximum atomic E-state index is 5.82. The number of methoxy groups -OCH3 is 1. The Labute approximate surface area is 97.2 Å². The minimum atomic E-state index is -0.0548. The molecule has 0 saturated heterocycles. The van der Waals surface area contributed by atoms with E-state index in [9.17, 15) is 0 Å². The van der Waals surface area contributed by atoms with E-state index in [-0.39, 0.29) is 12.1 Å². The van der Waals surface area contributed by atoms with Gasteiger partial charge in [-0.1, -0.05) is 13.8 Å². The number of nitrogens with two attached hydrogens (primary N) is 1. The molecular formula is C12H21N3O. The molecular weight excluding hydrogens is 202 g/mol. The average Bonchev–Trinajstić information content (AvgIpc) is 2.17. The van der Waals surface area contributed by atoms with Crippen molar-refractivity contribution in [1.29, 1.82) is 0 Å². The molecule has 0 aromatic carbocycles. The van der Waals surface area contributed by atoms with Gasteiger partial charge in [0, 0.05) is 30.6 Å². The van der Waals surface area contributed by atoms with E-state index in [1.165, 1.54) is 0 Å². The first-order chi connectivity index (χ1) is 7.47. The number of nitrogens with zero attached hydrogens (tertiary/aromatic N) is 2. The molecule has 1 unspecified atom stereocenters. The van der Waals surface area contributed by atoms with E-state index in [2.05, 4.69) is 23.8 Å². The Hall–Kier alpha value is -1.00. The summed E-state index contributed by atoms with van der Waals surface area (Å²) in [6.07, 6.45) is 1.75. The van der Waals surface area contributed by atoms with Crippen LogP contribution in [0, 0.1) is 12.8 Å². The second kappa shape index (κ2) is 5.37. The first kappa shape index (κ1) is 13.1. The van der Waals surface area contributed by atoms with Gasteiger partial charge in [0.25, 0.3) is 0 Å². The van der Waals surface area contributed by atoms with Crippen LogP contribution < -0.4 is 5.73 Å². The lowest BCUT2D eigenvalue weighted by atomic mass is 10.1. The SMILES string of the molecule is COC(c1ncc([C@H](C)N)c(C)n1)C(C)C. The van der Waals surface area contributed by atoms with Crippen LogP contribution in [0.5, 0.6) is 0 Å². The van der Waals surface area contributed by atoms with Gasteiger partial charge in [0.2, 0.25) is 0 Å². The molecule has 1 aromatic heterocycles. The van der Waals surface area contributed by atoms with Crippen molar-refractivity contribution < 1.29 is 4.74 Å². The topological polar surface area (TPSA) is 61.0 Å². The zero-order chi connectivity index (χ0) is 12.3. The van der Waals surface area contributed by atoms with Crippen LogP contribution >= 0.6 is 0 Å². The van der Waals surface area contributed by atoms with Crippen molar-refractivity contribution in [2.75, 3.05) is 7.11 Å². The second-order valence-corrected chi connectivity index (χ2v) is 4.46. The first-order valence-electron chi connectivity index (χ1n) is 5.59. The first-order valence-corrected chi connectivity index (χ1v) is 5.59. The van der Waals surface area contributed by atoms with E-state index in [4.69, 9.17) is 10.5 Å². The molecule has 0 bridgehead atoms. The van der Waals surface area contributed by atoms with Crippen molar-refractivity contribution in [2.24, 2.45) is 11.7 Å². The Morgan fingerprint density at radius 3 is 2.31 bits per heavy atom. The monoisotopic (exact) mass is 223 g/mol. The fourth-order valence-corrected chi connectivity index (χ4v) is 1.75. The molecule has 0 fully saturated rings. The molecule has 90 valence electrons. The van der Waals surface area contributed by atoms with Gasteiger partial charge in [-0.2, -0.15) is 0 Å². The molecule has 2 atom stereocenters. The van der Waals surface area contributed by atoms with Gasteiger partial charge in [-0.3, -0.25) is 0 Å². The van der Waals surface area contributed by atoms with Gasteiger partial charge in [-0.15, -0.1) is 0 Å². The molecule has 1 rings (SSSR count). The number of aryl methyl sites for hydroxylation is 1. The highest BCUT2D eigenvalue weighted by Crippen LogP contribution is 2.23. The maximum Gasteiger partial charge on any atom is 0.157 e. The summed E-state index contributed by atoms with van der Waals surface area (Å²) in [6, 6.07) is -0.0332. The molecule has 0 aliphatic carbocycles. The van der Waals surface area contributed by atoms with Crippen molar-refractivity contribution in [3.8, 4) is 0 Å². The molecule has 0 aliphatic rings. The van der Waals surface area contributed by atoms with Crippen LogP contribution in [0.4, 0.5) is 0 Å². The molecule has 16 heavy (non-hydrogen) atoms. The van der Waals surface area contributed by atoms with E-state index in [1.807, 2.05) is 13.8 Å². The van der Waals surface area contributed by atoms with Gasteiger partial charge in [-0.25, -0.2) is 9.97 Å². The molecule has 1 aromatic rings. The molecule has 0 aliphatic heterocycles. The summed E-state index contributed by atoms with van der Waals surface area (Å²) in [5.74, 6) is 1.09. The summed E-state index contributed by atoms with van der Waals surface area (Å²) in [7, 11) is 1.68. The summed E-state index contributed by atoms with van der Waals surface area (Å²) in [5.41, 5.74) is 7.74. The highest BCUT2D eigenvalue weighted by atomic mass is 16.5. The van der Waals surface area contributed by atoms with Crippen molar-refractivity contribution in [3.63, 3.8) is 0 Å². The van der Waals surface area contributed by atoms with Gasteiger partial charge < -0.3 is 10.5 Å². The smallest absolute Gasteiger partial charge is 0.157 e. The minimum absolute atomic E-state index is 0.0332. The zero-order valence-corrected chi connectivity index (χ0v) is 10.7. The lowest BCUT2D eigenvalue weighted by Crippen LogP contribution is -2.16. The summed E-state index contributed by atoms with van der Waals surface area (Å²) < 4.78 is 5.40. The molecule has 0 amide bonds. The van der Waals surface area contributed by atoms with Crippen LogP contribution in [0.1, 0.15) is 50.0 Å². The number of hydrogen-bond acceptors (Lipinski definition) is 4. The van der Waals surface area contributed by atoms with E-state index in [0.717, 1.165) is 17.1 Å². The molecule has 0 spiro atoms. The summed E-state index contributed by atoms with van der Waals surface area (Å²) in [6.45, 7) is 8.07. The molecule has 4 nitrogen and oxygen atoms in total. The number of aromatic nitrogens is 2. The fraction of sp³-hybridized carbons (Fsp3) is 0.667. The Bertz CT molecular complexity index is 350. The fourth-order valence-electron chi connectivity index (χ4n) is 1.75. The van der Waals surface area contributed by atoms with Crippen LogP contribution in [0.15, 0.2) is 6.20 Å². The third kappa shape index (κ3) is 2.77. The van der Waals surface area contributed by atoms with Crippen molar-refractivity contribution in [2.45, 2.75) is 39.8 Å². The Morgan fingerprint density at radius 1 is 1.31 bits per heavy atom. The van der Waals surface area contributed by atoms with Crippen LogP contribution in [0.3, 0.4) is 0 Å². The molecule has 4 heteroatoms. The molecule has 2 N–H and O–H groups in total. The highest BCUT2D eigenvalue weighted by molar-refractivity contribution is 5.20. The average molecular weight is 223 g/mol. The quantitative estimate of drug-likeness (QED) is 0.849. The van der Waals surface area contributed by atoms with E-state index < -0.39 is 0 Å². The Balaban J connectivity index is 3.04. The zero-order valence-electron chi connectivity index (χ0n) is 10.7. The van der Waals surface area contributed by atoms with Gasteiger partial charge >= 0.3 is 0 Å². The molecule has 0 radical (unpaired) electrons. The number of ether oxygens (including phenoxy) is 1. The Morgan fingerprint density at radius 2 is 1.94 bits per heavy atom. The summed E-state index contributed by atoms with van der Waals surface area (Å²) in [4.78, 5) is 8.81. The number of rotatable bonds is 4. The largest absolute Gasteiger partial charge is 0.373 e. The predicted octanol–water partition coefficient (Wildman–Crippen LogP) is 2.15. The Kier molecular flexibility index (Phi) is 4.38. The van der Waals surface area contributed by atoms with Crippen LogP contribution in [-0.4, -0.2) is 17.1 Å². The highest BCUT2D eigenvalue weighted by Gasteiger charge is 2.19. The van der Waals surface area contributed by atoms with Crippen molar-refractivity contribution in [1.82, 2.24) is 9.97 Å². The van der Waals surface area contributed by atoms with Gasteiger partial charge in [0.05, 0.1) is 0 Å². The molecule has 0 saturated carbocycles. The third-order valence-corrected chi connectivity index (χ3v) is 2.64. The van der Waals surface area contributed by atoms with Crippen LogP contribution in [0.25, 0.3) is 0 Å². The van der Waals surface area contributed by atoms with E-state index in [1.54, 1.807) is 13.3 Å². The van der Waals surface area contributed by atoms with Crippen molar-refractivity contribution in [3.05, 3.63) is 23.3 Å². The molecule has 1 heterocycles. The van der Waals surface area contributed by atoms with Crippen LogP contribution in [-0.2, 0) is 4.74 Å². The van der Waals surface area contributed by atoms with Gasteiger partial charge in [0.1, 0.15) is 6.10 Å². The number of hydrogen-bond donors (Lipinski definition) is 1. The summed E-state index contributed by atoms with van der Waals surface area (Å²) in [5, 5.41) is 0. The predicted molar refractivity (Wildman–Crippen MR) is 64.0 cm³/mol. The van der Waals surface area contributed by atoms with Gasteiger partial charge in [-0.05, 0) is 19.8 Å². The maximum absolute atomic E-state index is 5.82. The third-order valence-electron chi connectivity index (χ3n) is 2.64. The standard InChI is InChI=1S/C12H21N3O/c1-7(2)11(16-5)12-14-6-10(8(3)13)9(4)15-12/h6-8,11H,13H2,1-5H3/t8-,11?/m0/s1. The van der Waals surface area contributed by atoms with E-state index in [0.29, 0.717) is 5.92 Å². The second-order valence-electron chi connectivity index (χ2n) is 4.46. The lowest BCUT2D eigenvalue weighted by molar-refractivity contribution is 0.0572. The van der Waals surface area contributed by atoms with E-state index >= 15 is 0 Å². The van der Waals surface area contributed by atoms with Gasteiger partial charge in [0.15, 0.2) is 5.82 Å². The summed E-state index contributed by atoms with van der Waals surface area (Å²) >= 11 is 0.